The van der Waals surface area contributed by atoms with Crippen molar-refractivity contribution in [1.29, 1.82) is 0 Å². The lowest BCUT2D eigenvalue weighted by Crippen LogP contribution is -2.38. The molecule has 1 heterocycles. The molecule has 0 unspecified atom stereocenters. The van der Waals surface area contributed by atoms with Gasteiger partial charge in [0.15, 0.2) is 0 Å². The summed E-state index contributed by atoms with van der Waals surface area (Å²) in [7, 11) is 0. The van der Waals surface area contributed by atoms with Gasteiger partial charge in [0.05, 0.1) is 4.92 Å². The first-order valence-corrected chi connectivity index (χ1v) is 7.26. The molecule has 1 amide bonds. The predicted octanol–water partition coefficient (Wildman–Crippen LogP) is 3.39. The second-order valence-corrected chi connectivity index (χ2v) is 5.45. The van der Waals surface area contributed by atoms with Gasteiger partial charge < -0.3 is 4.90 Å². The number of halogens is 1. The number of benzene rings is 1. The van der Waals surface area contributed by atoms with Gasteiger partial charge in [-0.25, -0.2) is 0 Å². The van der Waals surface area contributed by atoms with Crippen molar-refractivity contribution in [3.8, 4) is 0 Å². The molecule has 0 N–H and O–H groups in total. The highest BCUT2D eigenvalue weighted by Gasteiger charge is 2.25. The van der Waals surface area contributed by atoms with Crippen LogP contribution in [0.15, 0.2) is 18.2 Å². The molecular weight excluding hydrogens is 275 g/mol. The van der Waals surface area contributed by atoms with Crippen LogP contribution < -0.4 is 0 Å². The van der Waals surface area contributed by atoms with Crippen LogP contribution in [-0.4, -0.2) is 28.8 Å². The molecule has 21 heavy (non-hydrogen) atoms. The molecule has 0 spiro atoms. The third-order valence-electron chi connectivity index (χ3n) is 3.99. The first-order chi connectivity index (χ1) is 10.0. The molecule has 1 fully saturated rings. The molecule has 0 saturated carbocycles. The maximum Gasteiger partial charge on any atom is 0.305 e. The zero-order chi connectivity index (χ0) is 15.4. The van der Waals surface area contributed by atoms with Crippen molar-refractivity contribution >= 4 is 11.6 Å². The van der Waals surface area contributed by atoms with E-state index in [0.717, 1.165) is 31.4 Å². The van der Waals surface area contributed by atoms with Gasteiger partial charge in [0.1, 0.15) is 0 Å². The smallest absolute Gasteiger partial charge is 0.305 e. The minimum atomic E-state index is -0.918. The van der Waals surface area contributed by atoms with E-state index in [1.165, 1.54) is 12.5 Å². The van der Waals surface area contributed by atoms with E-state index in [4.69, 9.17) is 0 Å². The summed E-state index contributed by atoms with van der Waals surface area (Å²) in [4.78, 5) is 24.0. The highest BCUT2D eigenvalue weighted by molar-refractivity contribution is 5.94. The summed E-state index contributed by atoms with van der Waals surface area (Å²) >= 11 is 0. The van der Waals surface area contributed by atoms with Crippen molar-refractivity contribution in [3.63, 3.8) is 0 Å². The molecule has 1 saturated heterocycles. The summed E-state index contributed by atoms with van der Waals surface area (Å²) < 4.78 is 13.3. The van der Waals surface area contributed by atoms with Gasteiger partial charge in [-0.2, -0.15) is 4.39 Å². The average Bonchev–Trinajstić information content (AvgIpc) is 2.48. The van der Waals surface area contributed by atoms with E-state index >= 15 is 0 Å². The number of nitro groups is 1. The van der Waals surface area contributed by atoms with Crippen molar-refractivity contribution in [3.05, 3.63) is 39.7 Å². The van der Waals surface area contributed by atoms with Gasteiger partial charge in [0, 0.05) is 24.7 Å². The molecule has 0 bridgehead atoms. The topological polar surface area (TPSA) is 63.5 Å². The molecule has 0 aromatic heterocycles. The number of hydrogen-bond acceptors (Lipinski definition) is 3. The number of amides is 1. The molecule has 0 radical (unpaired) electrons. The Hall–Kier alpha value is -1.98. The Bertz CT molecular complexity index is 540. The van der Waals surface area contributed by atoms with E-state index in [0.29, 0.717) is 19.0 Å². The van der Waals surface area contributed by atoms with Gasteiger partial charge in [0.25, 0.3) is 5.91 Å². The fourth-order valence-corrected chi connectivity index (χ4v) is 2.80. The van der Waals surface area contributed by atoms with Gasteiger partial charge in [0.2, 0.25) is 5.82 Å². The van der Waals surface area contributed by atoms with Crippen molar-refractivity contribution in [1.82, 2.24) is 4.90 Å². The van der Waals surface area contributed by atoms with Gasteiger partial charge in [-0.05, 0) is 30.9 Å². The molecule has 6 heteroatoms. The lowest BCUT2D eigenvalue weighted by Gasteiger charge is -2.32. The quantitative estimate of drug-likeness (QED) is 0.631. The van der Waals surface area contributed by atoms with Gasteiger partial charge >= 0.3 is 5.69 Å². The standard InChI is InChI=1S/C15H19FN2O3/c1-2-3-11-6-8-17(9-7-11)15(19)12-4-5-13(16)14(10-12)18(20)21/h4-5,10-11H,2-3,6-9H2,1H3. The fourth-order valence-electron chi connectivity index (χ4n) is 2.80. The zero-order valence-electron chi connectivity index (χ0n) is 12.0. The fraction of sp³-hybridized carbons (Fsp3) is 0.533. The molecule has 0 atom stereocenters. The number of likely N-dealkylation sites (tertiary alicyclic amines) is 1. The Kier molecular flexibility index (Phi) is 4.88. The molecule has 1 aliphatic heterocycles. The molecule has 1 aromatic carbocycles. The van der Waals surface area contributed by atoms with Crippen molar-refractivity contribution in [2.24, 2.45) is 5.92 Å². The van der Waals surface area contributed by atoms with Crippen molar-refractivity contribution in [2.75, 3.05) is 13.1 Å². The second kappa shape index (κ2) is 6.65. The van der Waals surface area contributed by atoms with Crippen LogP contribution in [0.1, 0.15) is 43.0 Å². The largest absolute Gasteiger partial charge is 0.339 e. The normalized spacial score (nSPS) is 16.0. The lowest BCUT2D eigenvalue weighted by atomic mass is 9.92. The Morgan fingerprint density at radius 1 is 1.43 bits per heavy atom. The van der Waals surface area contributed by atoms with Crippen molar-refractivity contribution in [2.45, 2.75) is 32.6 Å². The SMILES string of the molecule is CCCC1CCN(C(=O)c2ccc(F)c([N+](=O)[O-])c2)CC1. The van der Waals surface area contributed by atoms with E-state index in [1.807, 2.05) is 0 Å². The Morgan fingerprint density at radius 2 is 2.10 bits per heavy atom. The molecule has 1 aliphatic rings. The average molecular weight is 294 g/mol. The number of nitro benzene ring substituents is 1. The summed E-state index contributed by atoms with van der Waals surface area (Å²) in [5.41, 5.74) is -0.473. The van der Waals surface area contributed by atoms with E-state index in [-0.39, 0.29) is 11.5 Å². The van der Waals surface area contributed by atoms with E-state index in [1.54, 1.807) is 4.90 Å². The maximum atomic E-state index is 13.3. The van der Waals surface area contributed by atoms with Gasteiger partial charge in [-0.1, -0.05) is 19.8 Å². The van der Waals surface area contributed by atoms with Crippen molar-refractivity contribution < 1.29 is 14.1 Å². The highest BCUT2D eigenvalue weighted by Crippen LogP contribution is 2.24. The summed E-state index contributed by atoms with van der Waals surface area (Å²) in [6.07, 6.45) is 4.23. The first kappa shape index (κ1) is 15.4. The Balaban J connectivity index is 2.07. The number of rotatable bonds is 4. The zero-order valence-corrected chi connectivity index (χ0v) is 12.0. The number of nitrogens with zero attached hydrogens (tertiary/aromatic N) is 2. The number of carbonyl (C=O) groups excluding carboxylic acids is 1. The summed E-state index contributed by atoms with van der Waals surface area (Å²) in [6, 6.07) is 3.31. The summed E-state index contributed by atoms with van der Waals surface area (Å²) in [5, 5.41) is 10.7. The molecule has 114 valence electrons. The molecule has 2 rings (SSSR count). The van der Waals surface area contributed by atoms with Crippen LogP contribution in [-0.2, 0) is 0 Å². The first-order valence-electron chi connectivity index (χ1n) is 7.26. The van der Waals surface area contributed by atoms with E-state index < -0.39 is 16.4 Å². The summed E-state index contributed by atoms with van der Waals surface area (Å²) in [6.45, 7) is 3.47. The van der Waals surface area contributed by atoms with Gasteiger partial charge in [-0.3, -0.25) is 14.9 Å². The van der Waals surface area contributed by atoms with Crippen LogP contribution in [0.4, 0.5) is 10.1 Å². The molecule has 0 aliphatic carbocycles. The van der Waals surface area contributed by atoms with E-state index in [9.17, 15) is 19.3 Å². The third-order valence-corrected chi connectivity index (χ3v) is 3.99. The maximum absolute atomic E-state index is 13.3. The highest BCUT2D eigenvalue weighted by atomic mass is 19.1. The molecular formula is C15H19FN2O3. The summed E-state index contributed by atoms with van der Waals surface area (Å²) in [5.74, 6) is -0.521. The molecule has 5 nitrogen and oxygen atoms in total. The van der Waals surface area contributed by atoms with Crippen LogP contribution in [0.3, 0.4) is 0 Å². The number of piperidine rings is 1. The number of carbonyl (C=O) groups is 1. The van der Waals surface area contributed by atoms with Crippen LogP contribution in [0.25, 0.3) is 0 Å². The molecule has 1 aromatic rings. The predicted molar refractivity (Wildman–Crippen MR) is 76.6 cm³/mol. The van der Waals surface area contributed by atoms with Crippen LogP contribution in [0, 0.1) is 21.8 Å². The third kappa shape index (κ3) is 3.56. The van der Waals surface area contributed by atoms with Crippen LogP contribution in [0.5, 0.6) is 0 Å². The Labute approximate surface area is 122 Å². The van der Waals surface area contributed by atoms with Gasteiger partial charge in [-0.15, -0.1) is 0 Å². The van der Waals surface area contributed by atoms with Crippen LogP contribution in [0.2, 0.25) is 0 Å². The van der Waals surface area contributed by atoms with Crippen LogP contribution >= 0.6 is 0 Å². The minimum absolute atomic E-state index is 0.178. The van der Waals surface area contributed by atoms with E-state index in [2.05, 4.69) is 6.92 Å². The minimum Gasteiger partial charge on any atom is -0.339 e. The number of hydrogen-bond donors (Lipinski definition) is 0. The Morgan fingerprint density at radius 3 is 2.67 bits per heavy atom. The monoisotopic (exact) mass is 294 g/mol. The lowest BCUT2D eigenvalue weighted by molar-refractivity contribution is -0.387. The second-order valence-electron chi connectivity index (χ2n) is 5.45.